The van der Waals surface area contributed by atoms with Gasteiger partial charge in [0.25, 0.3) is 0 Å². The summed E-state index contributed by atoms with van der Waals surface area (Å²) in [5.41, 5.74) is 11.5. The maximum absolute atomic E-state index is 14.4. The van der Waals surface area contributed by atoms with E-state index in [9.17, 15) is 19.8 Å². The van der Waals surface area contributed by atoms with Crippen molar-refractivity contribution in [3.63, 3.8) is 0 Å². The topological polar surface area (TPSA) is 222 Å². The Kier molecular flexibility index (Phi) is 16.9. The van der Waals surface area contributed by atoms with E-state index in [4.69, 9.17) is 20.1 Å². The van der Waals surface area contributed by atoms with Crippen LogP contribution >= 0.6 is 0 Å². The first-order valence-corrected chi connectivity index (χ1v) is 29.4. The summed E-state index contributed by atoms with van der Waals surface area (Å²) in [6.45, 7) is 15.4. The van der Waals surface area contributed by atoms with Gasteiger partial charge in [0.1, 0.15) is 17.7 Å². The van der Waals surface area contributed by atoms with Crippen molar-refractivity contribution in [2.45, 2.75) is 134 Å². The maximum atomic E-state index is 14.4. The number of carbonyl (C=O) groups excluding carboxylic acids is 2. The molecule has 1 saturated carbocycles. The molecule has 0 radical (unpaired) electrons. The number of carbonyl (C=O) groups is 2. The molecule has 4 aliphatic heterocycles. The van der Waals surface area contributed by atoms with Crippen molar-refractivity contribution in [3.05, 3.63) is 108 Å². The number of hydrogen-bond donors (Lipinski definition) is 4. The molecule has 8 heterocycles. The maximum Gasteiger partial charge on any atom is 0.243 e. The number of aromatic nitrogens is 7. The number of nitrogen functional groups attached to an aromatic ring is 1. The number of hydrogen-bond acceptors (Lipinski definition) is 15. The fourth-order valence-corrected chi connectivity index (χ4v) is 13.1. The number of aliphatic hydroxyl groups is 1. The molecule has 0 bridgehead atoms. The van der Waals surface area contributed by atoms with E-state index in [-0.39, 0.29) is 66.6 Å². The summed E-state index contributed by atoms with van der Waals surface area (Å²) < 4.78 is 16.6. The molecular weight excluding hydrogens is 1020 g/mol. The normalized spacial score (nSPS) is 22.8. The number of nitrogens with one attached hydrogen (secondary N) is 1. The Morgan fingerprint density at radius 3 is 2.30 bits per heavy atom. The minimum absolute atomic E-state index is 0.0804. The van der Waals surface area contributed by atoms with E-state index in [2.05, 4.69) is 63.9 Å². The number of β-amino-alcohol motifs (C(OH)–C–C–N with tert-alkyl or cyclic N) is 1. The van der Waals surface area contributed by atoms with Crippen LogP contribution in [0.4, 0.5) is 11.6 Å². The molecule has 81 heavy (non-hydrogen) atoms. The van der Waals surface area contributed by atoms with Crippen LogP contribution in [0.5, 0.6) is 5.75 Å². The van der Waals surface area contributed by atoms with Gasteiger partial charge in [-0.2, -0.15) is 10.2 Å². The van der Waals surface area contributed by atoms with Gasteiger partial charge in [0.15, 0.2) is 17.4 Å². The lowest BCUT2D eigenvalue weighted by atomic mass is 9.77. The van der Waals surface area contributed by atoms with Crippen molar-refractivity contribution in [1.82, 2.24) is 54.9 Å². The first-order valence-electron chi connectivity index (χ1n) is 29.4. The predicted molar refractivity (Wildman–Crippen MR) is 308 cm³/mol. The van der Waals surface area contributed by atoms with Gasteiger partial charge in [0.05, 0.1) is 59.1 Å². The van der Waals surface area contributed by atoms with Crippen LogP contribution in [0, 0.1) is 29.6 Å². The first-order chi connectivity index (χ1) is 39.2. The fraction of sp³-hybridized carbons (Fsp3) is 0.532. The monoisotopic (exact) mass is 1100 g/mol. The van der Waals surface area contributed by atoms with Crippen molar-refractivity contribution < 1.29 is 29.1 Å². The highest BCUT2D eigenvalue weighted by Gasteiger charge is 2.44. The zero-order valence-electron chi connectivity index (χ0n) is 47.5. The second kappa shape index (κ2) is 24.5. The lowest BCUT2D eigenvalue weighted by molar-refractivity contribution is -0.141. The lowest BCUT2D eigenvalue weighted by Crippen LogP contribution is -2.51. The molecule has 5 aliphatic rings. The first kappa shape index (κ1) is 55.8. The lowest BCUT2D eigenvalue weighted by Gasteiger charge is -2.48. The second-order valence-electron chi connectivity index (χ2n) is 23.8. The van der Waals surface area contributed by atoms with Crippen LogP contribution in [-0.2, 0) is 21.4 Å². The van der Waals surface area contributed by atoms with Gasteiger partial charge in [-0.3, -0.25) is 19.0 Å². The molecule has 4 aromatic heterocycles. The van der Waals surface area contributed by atoms with Crippen molar-refractivity contribution in [3.8, 4) is 40.1 Å². The minimum Gasteiger partial charge on any atom is -0.507 e. The van der Waals surface area contributed by atoms with Crippen LogP contribution in [-0.4, -0.2) is 154 Å². The number of nitrogens with two attached hydrogens (primary N) is 1. The molecule has 2 amide bonds. The number of para-hydroxylation sites is 1. The zero-order chi connectivity index (χ0) is 56.3. The molecule has 6 aromatic rings. The Morgan fingerprint density at radius 2 is 1.59 bits per heavy atom. The van der Waals surface area contributed by atoms with E-state index >= 15 is 0 Å². The number of rotatable bonds is 16. The molecule has 5 fully saturated rings. The van der Waals surface area contributed by atoms with E-state index < -0.39 is 18.1 Å². The van der Waals surface area contributed by atoms with E-state index in [1.54, 1.807) is 30.5 Å². The van der Waals surface area contributed by atoms with Crippen LogP contribution < -0.4 is 16.0 Å². The number of phenols is 1. The summed E-state index contributed by atoms with van der Waals surface area (Å²) in [5, 5.41) is 45.9. The number of aromatic hydroxyl groups is 1. The number of aliphatic hydroxyl groups excluding tert-OH is 1. The number of piperidine rings is 3. The number of amides is 2. The van der Waals surface area contributed by atoms with Crippen LogP contribution in [0.1, 0.15) is 126 Å². The molecule has 1 aliphatic carbocycles. The summed E-state index contributed by atoms with van der Waals surface area (Å²) in [6, 6.07) is 20.5. The molecule has 19 heteroatoms. The summed E-state index contributed by atoms with van der Waals surface area (Å²) in [5.74, 6) is 7.89. The Labute approximate surface area is 475 Å². The molecule has 0 spiro atoms. The number of nitrogens with zero attached hydrogens (tertiary/aromatic N) is 11. The molecule has 5 N–H and O–H groups in total. The van der Waals surface area contributed by atoms with E-state index in [1.165, 1.54) is 24.3 Å². The van der Waals surface area contributed by atoms with E-state index in [0.717, 1.165) is 106 Å². The van der Waals surface area contributed by atoms with Gasteiger partial charge in [-0.1, -0.05) is 67.2 Å². The Balaban J connectivity index is 0.580. The molecule has 0 unspecified atom stereocenters. The largest absolute Gasteiger partial charge is 0.507 e. The highest BCUT2D eigenvalue weighted by Crippen LogP contribution is 2.39. The van der Waals surface area contributed by atoms with E-state index in [0.29, 0.717) is 40.4 Å². The molecular formula is C62H79N13O6. The molecule has 11 rings (SSSR count). The minimum atomic E-state index is -0.806. The zero-order valence-corrected chi connectivity index (χ0v) is 47.5. The smallest absolute Gasteiger partial charge is 0.243 e. The molecule has 19 nitrogen and oxygen atoms in total. The fourth-order valence-electron chi connectivity index (χ4n) is 13.1. The number of aryl methyl sites for hydroxylation is 1. The van der Waals surface area contributed by atoms with Crippen LogP contribution in [0.2, 0.25) is 0 Å². The third-order valence-electron chi connectivity index (χ3n) is 18.1. The van der Waals surface area contributed by atoms with Crippen molar-refractivity contribution in [2.24, 2.45) is 24.8 Å². The number of ether oxygens (including phenoxy) is 1. The van der Waals surface area contributed by atoms with Crippen LogP contribution in [0.3, 0.4) is 0 Å². The third-order valence-corrected chi connectivity index (χ3v) is 18.1. The standard InChI is InChI=1S/C62H79N13O6/c1-39(2)59(62(79)74-38-49(76)33-55(74)61(78)66-40(3)44-12-14-46(15-13-44)54-16-23-64-70(54)5)57-34-58(69-81-57)73-28-21-51(22-29-73)80-50-19-24-71(25-20-50)36-43-30-48(31-43)72-26-17-45(18-27-72)41(4)75-37-42(35-65-75)10-11-47-32-53(67-68-60(47)63)52-8-6-7-9-56(52)77/h6-9,12-16,23,32,34-35,37,39-41,43,45,48-51,55,59,76-77H,17-22,24-31,33,36,38H2,1-5H3,(H2,63,68)(H,66,78)/t40-,41+,43?,48?,49+,55-,59+/m0/s1. The third kappa shape index (κ3) is 12.7. The highest BCUT2D eigenvalue weighted by molar-refractivity contribution is 5.91. The number of benzene rings is 2. The Bertz CT molecular complexity index is 3170. The van der Waals surface area contributed by atoms with Gasteiger partial charge in [-0.25, -0.2) is 0 Å². The van der Waals surface area contributed by atoms with Gasteiger partial charge in [-0.05, 0) is 131 Å². The van der Waals surface area contributed by atoms with Gasteiger partial charge in [-0.15, -0.1) is 10.2 Å². The summed E-state index contributed by atoms with van der Waals surface area (Å²) in [6.07, 6.45) is 14.3. The average molecular weight is 1100 g/mol. The Morgan fingerprint density at radius 1 is 0.864 bits per heavy atom. The molecule has 2 aromatic carbocycles. The molecule has 428 valence electrons. The van der Waals surface area contributed by atoms with Crippen LogP contribution in [0.25, 0.3) is 22.5 Å². The molecule has 4 saturated heterocycles. The molecule has 5 atom stereocenters. The number of anilines is 2. The SMILES string of the molecule is CC(C)[C@@H](C(=O)N1C[C@H](O)C[C@H]1C(=O)N[C@@H](C)c1ccc(-c2ccnn2C)cc1)c1cc(N2CCC(OC3CCN(CC4CC(N5CCC([C@@H](C)n6cc(C#Cc7cc(-c8ccccc8O)nnc7N)cn6)CC5)C4)CC3)CC2)no1. The second-order valence-corrected chi connectivity index (χ2v) is 23.8. The van der Waals surface area contributed by atoms with Gasteiger partial charge < -0.3 is 50.1 Å². The summed E-state index contributed by atoms with van der Waals surface area (Å²) in [4.78, 5) is 37.4. The van der Waals surface area contributed by atoms with Gasteiger partial charge in [0, 0.05) is 82.8 Å². The van der Waals surface area contributed by atoms with Crippen molar-refractivity contribution in [2.75, 3.05) is 63.0 Å². The van der Waals surface area contributed by atoms with Crippen molar-refractivity contribution >= 4 is 23.5 Å². The average Bonchev–Trinajstić information content (AvgIpc) is 4.33. The van der Waals surface area contributed by atoms with Gasteiger partial charge >= 0.3 is 0 Å². The van der Waals surface area contributed by atoms with Crippen LogP contribution in [0.15, 0.2) is 89.8 Å². The summed E-state index contributed by atoms with van der Waals surface area (Å²) in [7, 11) is 1.90. The number of phenolic OH excluding ortho intramolecular Hbond substituents is 1. The highest BCUT2D eigenvalue weighted by atomic mass is 16.5. The Hall–Kier alpha value is -7.11. The number of likely N-dealkylation sites (tertiary alicyclic amines) is 3. The van der Waals surface area contributed by atoms with E-state index in [1.807, 2.05) is 87.4 Å². The van der Waals surface area contributed by atoms with Gasteiger partial charge in [0.2, 0.25) is 11.8 Å². The van der Waals surface area contributed by atoms with Crippen molar-refractivity contribution in [1.29, 1.82) is 0 Å². The predicted octanol–water partition coefficient (Wildman–Crippen LogP) is 7.20. The summed E-state index contributed by atoms with van der Waals surface area (Å²) >= 11 is 0. The quantitative estimate of drug-likeness (QED) is 0.0704.